The Hall–Kier alpha value is -2.55. The molecule has 210 valence electrons. The van der Waals surface area contributed by atoms with Gasteiger partial charge in [0.25, 0.3) is 11.5 Å². The van der Waals surface area contributed by atoms with Gasteiger partial charge in [-0.3, -0.25) is 14.5 Å². The van der Waals surface area contributed by atoms with Gasteiger partial charge in [-0.15, -0.1) is 11.8 Å². The van der Waals surface area contributed by atoms with Crippen LogP contribution in [0.4, 0.5) is 0 Å². The molecule has 1 aliphatic carbocycles. The highest BCUT2D eigenvalue weighted by Gasteiger charge is 2.37. The number of thioether (sulfide) groups is 1. The number of nitrogens with one attached hydrogen (secondary N) is 2. The molecular formula is C31H43N5O2S. The molecule has 0 unspecified atom stereocenters. The normalized spacial score (nSPS) is 21.3. The van der Waals surface area contributed by atoms with E-state index < -0.39 is 0 Å². The molecular weight excluding hydrogens is 506 g/mol. The highest BCUT2D eigenvalue weighted by molar-refractivity contribution is 7.98. The van der Waals surface area contributed by atoms with E-state index in [1.165, 1.54) is 50.5 Å². The minimum absolute atomic E-state index is 0.126. The molecule has 1 atom stereocenters. The number of rotatable bonds is 8. The Balaban J connectivity index is 1.33. The lowest BCUT2D eigenvalue weighted by molar-refractivity contribution is 0.00584. The first kappa shape index (κ1) is 28.0. The van der Waals surface area contributed by atoms with E-state index in [4.69, 9.17) is 0 Å². The number of aryl methyl sites for hydroxylation is 1. The van der Waals surface area contributed by atoms with Gasteiger partial charge in [0.15, 0.2) is 0 Å². The summed E-state index contributed by atoms with van der Waals surface area (Å²) >= 11 is 1.53. The van der Waals surface area contributed by atoms with Crippen LogP contribution >= 0.6 is 11.8 Å². The number of amides is 1. The molecule has 2 aliphatic rings. The molecule has 0 bridgehead atoms. The fraction of sp³-hybridized carbons (Fsp3) is 0.548. The molecule has 1 aromatic carbocycles. The molecule has 1 saturated carbocycles. The Bertz CT molecular complexity index is 1400. The zero-order valence-corrected chi connectivity index (χ0v) is 25.0. The van der Waals surface area contributed by atoms with Crippen molar-refractivity contribution in [2.24, 2.45) is 5.92 Å². The van der Waals surface area contributed by atoms with Gasteiger partial charge in [0.1, 0.15) is 0 Å². The van der Waals surface area contributed by atoms with Crippen LogP contribution in [0.5, 0.6) is 0 Å². The van der Waals surface area contributed by atoms with Crippen molar-refractivity contribution in [3.63, 3.8) is 0 Å². The first-order chi connectivity index (χ1) is 18.7. The second-order valence-corrected chi connectivity index (χ2v) is 12.6. The number of carbonyl (C=O) groups is 1. The van der Waals surface area contributed by atoms with Crippen molar-refractivity contribution in [3.8, 4) is 0 Å². The number of likely N-dealkylation sites (tertiary alicyclic amines) is 1. The summed E-state index contributed by atoms with van der Waals surface area (Å²) in [5.74, 6) is 0.464. The van der Waals surface area contributed by atoms with Crippen LogP contribution in [-0.2, 0) is 6.54 Å². The fourth-order valence-electron chi connectivity index (χ4n) is 6.77. The van der Waals surface area contributed by atoms with Gasteiger partial charge in [-0.05, 0) is 84.9 Å². The molecule has 39 heavy (non-hydrogen) atoms. The standard InChI is InChI=1S/C31H43N5O2S/c1-19-15-28(39-6)26(30(37)33-19)16-32-31(38)29-21(3)36(27-10-8-7-9-25(27)29)20(2)22-11-13-23(14-12-22)35-17-24(18-35)34(4)5/h7-10,15,20,22-24H,11-14,16-18H2,1-6H3,(H,32,38)(H,33,37)/t20-,22?,23?/m1/s1. The van der Waals surface area contributed by atoms with Crippen LogP contribution in [0.2, 0.25) is 0 Å². The summed E-state index contributed by atoms with van der Waals surface area (Å²) in [6, 6.07) is 11.9. The van der Waals surface area contributed by atoms with Crippen LogP contribution in [0.25, 0.3) is 10.9 Å². The van der Waals surface area contributed by atoms with Crippen molar-refractivity contribution in [1.82, 2.24) is 24.7 Å². The Labute approximate surface area is 236 Å². The van der Waals surface area contributed by atoms with E-state index >= 15 is 0 Å². The number of benzene rings is 1. The fourth-order valence-corrected chi connectivity index (χ4v) is 7.47. The largest absolute Gasteiger partial charge is 0.348 e. The summed E-state index contributed by atoms with van der Waals surface area (Å²) in [6.07, 6.45) is 6.90. The summed E-state index contributed by atoms with van der Waals surface area (Å²) in [7, 11) is 4.37. The number of nitrogens with zero attached hydrogens (tertiary/aromatic N) is 3. The number of pyridine rings is 1. The molecule has 8 heteroatoms. The van der Waals surface area contributed by atoms with Crippen LogP contribution in [0.15, 0.2) is 40.0 Å². The number of aromatic amines is 1. The minimum atomic E-state index is -0.140. The van der Waals surface area contributed by atoms with Crippen molar-refractivity contribution in [2.45, 2.75) is 76.0 Å². The van der Waals surface area contributed by atoms with Gasteiger partial charge in [-0.25, -0.2) is 0 Å². The molecule has 5 rings (SSSR count). The van der Waals surface area contributed by atoms with Crippen molar-refractivity contribution in [3.05, 3.63) is 63.2 Å². The second-order valence-electron chi connectivity index (χ2n) is 11.7. The topological polar surface area (TPSA) is 73.4 Å². The third-order valence-electron chi connectivity index (χ3n) is 9.23. The quantitative estimate of drug-likeness (QED) is 0.389. The maximum Gasteiger partial charge on any atom is 0.254 e. The van der Waals surface area contributed by atoms with E-state index in [0.717, 1.165) is 32.7 Å². The van der Waals surface area contributed by atoms with Crippen molar-refractivity contribution < 1.29 is 4.79 Å². The number of aromatic nitrogens is 2. The molecule has 0 radical (unpaired) electrons. The number of para-hydroxylation sites is 1. The monoisotopic (exact) mass is 549 g/mol. The molecule has 2 fully saturated rings. The van der Waals surface area contributed by atoms with Crippen molar-refractivity contribution >= 4 is 28.6 Å². The highest BCUT2D eigenvalue weighted by Crippen LogP contribution is 2.39. The van der Waals surface area contributed by atoms with Gasteiger partial charge in [-0.2, -0.15) is 0 Å². The Morgan fingerprint density at radius 3 is 2.51 bits per heavy atom. The number of carbonyl (C=O) groups excluding carboxylic acids is 1. The average molecular weight is 550 g/mol. The van der Waals surface area contributed by atoms with Crippen LogP contribution in [-0.4, -0.2) is 70.8 Å². The lowest BCUT2D eigenvalue weighted by Gasteiger charge is -2.49. The number of hydrogen-bond donors (Lipinski definition) is 2. The lowest BCUT2D eigenvalue weighted by atomic mass is 9.80. The average Bonchev–Trinajstić information content (AvgIpc) is 3.18. The number of H-pyrrole nitrogens is 1. The Kier molecular flexibility index (Phi) is 8.26. The maximum absolute atomic E-state index is 13.6. The summed E-state index contributed by atoms with van der Waals surface area (Å²) in [6.45, 7) is 8.88. The van der Waals surface area contributed by atoms with Crippen molar-refractivity contribution in [1.29, 1.82) is 0 Å². The third kappa shape index (κ3) is 5.43. The molecule has 1 aliphatic heterocycles. The van der Waals surface area contributed by atoms with E-state index in [1.54, 1.807) is 0 Å². The molecule has 1 saturated heterocycles. The van der Waals surface area contributed by atoms with Crippen LogP contribution < -0.4 is 10.9 Å². The first-order valence-corrected chi connectivity index (χ1v) is 15.5. The molecule has 1 amide bonds. The van der Waals surface area contributed by atoms with Gasteiger partial charge in [0, 0.05) is 70.5 Å². The molecule has 3 aromatic rings. The van der Waals surface area contributed by atoms with E-state index in [1.807, 2.05) is 25.3 Å². The predicted molar refractivity (Wildman–Crippen MR) is 161 cm³/mol. The van der Waals surface area contributed by atoms with Gasteiger partial charge in [0.2, 0.25) is 0 Å². The van der Waals surface area contributed by atoms with Gasteiger partial charge in [0.05, 0.1) is 5.56 Å². The summed E-state index contributed by atoms with van der Waals surface area (Å²) in [5, 5.41) is 4.04. The van der Waals surface area contributed by atoms with Crippen LogP contribution in [0.3, 0.4) is 0 Å². The summed E-state index contributed by atoms with van der Waals surface area (Å²) in [4.78, 5) is 35.0. The van der Waals surface area contributed by atoms with Crippen LogP contribution in [0.1, 0.15) is 66.0 Å². The van der Waals surface area contributed by atoms with Crippen molar-refractivity contribution in [2.75, 3.05) is 33.4 Å². The number of hydrogen-bond acceptors (Lipinski definition) is 5. The molecule has 7 nitrogen and oxygen atoms in total. The molecule has 3 heterocycles. The summed E-state index contributed by atoms with van der Waals surface area (Å²) < 4.78 is 2.40. The van der Waals surface area contributed by atoms with E-state index in [2.05, 4.69) is 70.8 Å². The van der Waals surface area contributed by atoms with E-state index in [0.29, 0.717) is 29.6 Å². The van der Waals surface area contributed by atoms with E-state index in [9.17, 15) is 9.59 Å². The first-order valence-electron chi connectivity index (χ1n) is 14.2. The maximum atomic E-state index is 13.6. The second kappa shape index (κ2) is 11.5. The zero-order valence-electron chi connectivity index (χ0n) is 24.2. The van der Waals surface area contributed by atoms with Gasteiger partial charge < -0.3 is 19.8 Å². The number of likely N-dealkylation sites (N-methyl/N-ethyl adjacent to an activating group) is 1. The molecule has 2 aromatic heterocycles. The smallest absolute Gasteiger partial charge is 0.254 e. The Morgan fingerprint density at radius 2 is 1.85 bits per heavy atom. The van der Waals surface area contributed by atoms with E-state index in [-0.39, 0.29) is 18.0 Å². The van der Waals surface area contributed by atoms with Gasteiger partial charge >= 0.3 is 0 Å². The SMILES string of the molecule is CSc1cc(C)[nH]c(=O)c1CNC(=O)c1c(C)n([C@H](C)C2CCC(N3CC(N(C)C)C3)CC2)c2ccccc12. The third-order valence-corrected chi connectivity index (χ3v) is 10.0. The Morgan fingerprint density at radius 1 is 1.15 bits per heavy atom. The summed E-state index contributed by atoms with van der Waals surface area (Å²) in [5.41, 5.74) is 4.12. The van der Waals surface area contributed by atoms with Crippen LogP contribution in [0, 0.1) is 19.8 Å². The highest BCUT2D eigenvalue weighted by atomic mass is 32.2. The number of fused-ring (bicyclic) bond motifs is 1. The lowest BCUT2D eigenvalue weighted by Crippen LogP contribution is -2.61. The minimum Gasteiger partial charge on any atom is -0.348 e. The molecule has 0 spiro atoms. The zero-order chi connectivity index (χ0) is 27.8. The molecule has 2 N–H and O–H groups in total. The van der Waals surface area contributed by atoms with Gasteiger partial charge in [-0.1, -0.05) is 18.2 Å². The predicted octanol–water partition coefficient (Wildman–Crippen LogP) is 4.96.